The van der Waals surface area contributed by atoms with Crippen LogP contribution in [-0.2, 0) is 11.3 Å². The first-order valence-electron chi connectivity index (χ1n) is 7.39. The quantitative estimate of drug-likeness (QED) is 0.781. The van der Waals surface area contributed by atoms with Gasteiger partial charge in [-0.25, -0.2) is 0 Å². The molecule has 0 aliphatic carbocycles. The van der Waals surface area contributed by atoms with Gasteiger partial charge >= 0.3 is 0 Å². The number of β-amino-alcohol motifs (C(OH)–C–C–N with tert-alkyl or cyclic N) is 1. The summed E-state index contributed by atoms with van der Waals surface area (Å²) in [4.78, 5) is 2.23. The van der Waals surface area contributed by atoms with Crippen LogP contribution in [0.4, 0.5) is 0 Å². The van der Waals surface area contributed by atoms with Crippen LogP contribution >= 0.6 is 0 Å². The number of nitrogens with zero attached hydrogens (tertiary/aromatic N) is 1. The number of hydrogen-bond acceptors (Lipinski definition) is 6. The van der Waals surface area contributed by atoms with Crippen molar-refractivity contribution in [1.29, 1.82) is 0 Å². The number of rotatable bonds is 6. The first-order valence-corrected chi connectivity index (χ1v) is 7.39. The molecule has 0 spiro atoms. The lowest BCUT2D eigenvalue weighted by Gasteiger charge is -2.28. The highest BCUT2D eigenvalue weighted by molar-refractivity contribution is 5.48. The average Bonchev–Trinajstić information content (AvgIpc) is 2.97. The van der Waals surface area contributed by atoms with Crippen LogP contribution in [0.5, 0.6) is 11.5 Å². The minimum Gasteiger partial charge on any atom is -0.454 e. The van der Waals surface area contributed by atoms with Crippen molar-refractivity contribution < 1.29 is 19.3 Å². The van der Waals surface area contributed by atoms with E-state index >= 15 is 0 Å². The molecule has 0 saturated carbocycles. The summed E-state index contributed by atoms with van der Waals surface area (Å²) < 4.78 is 16.1. The highest BCUT2D eigenvalue weighted by Crippen LogP contribution is 2.35. The molecular formula is C15H22N2O4. The van der Waals surface area contributed by atoms with Gasteiger partial charge in [-0.3, -0.25) is 4.90 Å². The molecule has 0 amide bonds. The van der Waals surface area contributed by atoms with Crippen molar-refractivity contribution in [3.05, 3.63) is 23.8 Å². The van der Waals surface area contributed by atoms with Crippen LogP contribution in [0, 0.1) is 0 Å². The zero-order chi connectivity index (χ0) is 14.5. The molecule has 3 rings (SSSR count). The van der Waals surface area contributed by atoms with Gasteiger partial charge in [-0.05, 0) is 6.07 Å². The van der Waals surface area contributed by atoms with E-state index in [0.29, 0.717) is 19.6 Å². The summed E-state index contributed by atoms with van der Waals surface area (Å²) in [6.07, 6.45) is -0.378. The maximum Gasteiger partial charge on any atom is 0.231 e. The Morgan fingerprint density at radius 1 is 1.24 bits per heavy atom. The zero-order valence-electron chi connectivity index (χ0n) is 12.1. The number of aliphatic hydroxyl groups excluding tert-OH is 1. The van der Waals surface area contributed by atoms with Crippen molar-refractivity contribution in [1.82, 2.24) is 10.2 Å². The van der Waals surface area contributed by atoms with Crippen molar-refractivity contribution in [3.63, 3.8) is 0 Å². The lowest BCUT2D eigenvalue weighted by Crippen LogP contribution is -2.43. The Hall–Kier alpha value is -1.34. The molecule has 2 N–H and O–H groups in total. The molecule has 1 atom stereocenters. The molecule has 1 aromatic rings. The van der Waals surface area contributed by atoms with Gasteiger partial charge < -0.3 is 24.6 Å². The molecule has 2 heterocycles. The summed E-state index contributed by atoms with van der Waals surface area (Å²) in [5.41, 5.74) is 1.06. The van der Waals surface area contributed by atoms with E-state index in [4.69, 9.17) is 14.2 Å². The van der Waals surface area contributed by atoms with Crippen LogP contribution in [0.2, 0.25) is 0 Å². The fourth-order valence-electron chi connectivity index (χ4n) is 2.65. The fraction of sp³-hybridized carbons (Fsp3) is 0.600. The normalized spacial score (nSPS) is 19.7. The van der Waals surface area contributed by atoms with Crippen LogP contribution in [0.1, 0.15) is 5.56 Å². The Morgan fingerprint density at radius 2 is 2.10 bits per heavy atom. The second-order valence-corrected chi connectivity index (χ2v) is 5.35. The van der Waals surface area contributed by atoms with E-state index in [1.807, 2.05) is 18.2 Å². The summed E-state index contributed by atoms with van der Waals surface area (Å²) in [6.45, 7) is 5.49. The number of morpholine rings is 1. The van der Waals surface area contributed by atoms with Gasteiger partial charge in [0.25, 0.3) is 0 Å². The van der Waals surface area contributed by atoms with Gasteiger partial charge in [0.1, 0.15) is 0 Å². The van der Waals surface area contributed by atoms with E-state index < -0.39 is 0 Å². The topological polar surface area (TPSA) is 63.2 Å². The standard InChI is InChI=1S/C15H22N2O4/c18-13(10-17-4-6-19-7-5-17)9-16-8-12-2-1-3-14-15(12)21-11-20-14/h1-3,13,16,18H,4-11H2. The predicted molar refractivity (Wildman–Crippen MR) is 77.5 cm³/mol. The number of ether oxygens (including phenoxy) is 3. The number of benzene rings is 1. The summed E-state index contributed by atoms with van der Waals surface area (Å²) >= 11 is 0. The third-order valence-corrected chi connectivity index (χ3v) is 3.75. The SMILES string of the molecule is OC(CNCc1cccc2c1OCO2)CN1CCOCC1. The van der Waals surface area contributed by atoms with Crippen LogP contribution in [0.3, 0.4) is 0 Å². The van der Waals surface area contributed by atoms with Crippen LogP contribution in [0.25, 0.3) is 0 Å². The van der Waals surface area contributed by atoms with E-state index in [1.54, 1.807) is 0 Å². The number of aliphatic hydroxyl groups is 1. The molecule has 1 unspecified atom stereocenters. The van der Waals surface area contributed by atoms with Crippen LogP contribution in [0.15, 0.2) is 18.2 Å². The van der Waals surface area contributed by atoms with Gasteiger partial charge in [-0.2, -0.15) is 0 Å². The molecule has 6 nitrogen and oxygen atoms in total. The summed E-state index contributed by atoms with van der Waals surface area (Å²) in [6, 6.07) is 5.86. The third kappa shape index (κ3) is 3.85. The molecule has 1 fully saturated rings. The molecule has 21 heavy (non-hydrogen) atoms. The average molecular weight is 294 g/mol. The largest absolute Gasteiger partial charge is 0.454 e. The second kappa shape index (κ2) is 7.09. The van der Waals surface area contributed by atoms with E-state index in [2.05, 4.69) is 10.2 Å². The molecule has 2 aliphatic heterocycles. The molecule has 0 radical (unpaired) electrons. The second-order valence-electron chi connectivity index (χ2n) is 5.35. The fourth-order valence-corrected chi connectivity index (χ4v) is 2.65. The Bertz CT molecular complexity index is 463. The Kier molecular flexibility index (Phi) is 4.92. The summed E-state index contributed by atoms with van der Waals surface area (Å²) in [5, 5.41) is 13.3. The lowest BCUT2D eigenvalue weighted by molar-refractivity contribution is 0.0149. The van der Waals surface area contributed by atoms with E-state index in [1.165, 1.54) is 0 Å². The molecule has 1 saturated heterocycles. The molecular weight excluding hydrogens is 272 g/mol. The van der Waals surface area contributed by atoms with Gasteiger partial charge in [0.2, 0.25) is 6.79 Å². The maximum atomic E-state index is 10.1. The van der Waals surface area contributed by atoms with Gasteiger partial charge in [-0.15, -0.1) is 0 Å². The Balaban J connectivity index is 1.42. The van der Waals surface area contributed by atoms with E-state index in [-0.39, 0.29) is 12.9 Å². The van der Waals surface area contributed by atoms with E-state index in [0.717, 1.165) is 43.4 Å². The van der Waals surface area contributed by atoms with Crippen molar-refractivity contribution in [3.8, 4) is 11.5 Å². The third-order valence-electron chi connectivity index (χ3n) is 3.75. The molecule has 1 aromatic carbocycles. The number of hydrogen-bond donors (Lipinski definition) is 2. The lowest BCUT2D eigenvalue weighted by atomic mass is 10.2. The van der Waals surface area contributed by atoms with Gasteiger partial charge in [0, 0.05) is 38.3 Å². The molecule has 116 valence electrons. The number of nitrogens with one attached hydrogen (secondary N) is 1. The van der Waals surface area contributed by atoms with Gasteiger partial charge in [-0.1, -0.05) is 12.1 Å². The highest BCUT2D eigenvalue weighted by Gasteiger charge is 2.18. The van der Waals surface area contributed by atoms with Crippen LogP contribution in [-0.4, -0.2) is 62.3 Å². The Morgan fingerprint density at radius 3 is 2.95 bits per heavy atom. The van der Waals surface area contributed by atoms with Crippen molar-refractivity contribution >= 4 is 0 Å². The Labute approximate surface area is 124 Å². The first-order chi connectivity index (χ1) is 10.3. The minimum absolute atomic E-state index is 0.284. The molecule has 0 aromatic heterocycles. The molecule has 2 aliphatic rings. The van der Waals surface area contributed by atoms with Gasteiger partial charge in [0.15, 0.2) is 11.5 Å². The number of para-hydroxylation sites is 1. The highest BCUT2D eigenvalue weighted by atomic mass is 16.7. The smallest absolute Gasteiger partial charge is 0.231 e. The predicted octanol–water partition coefficient (Wildman–Crippen LogP) is 0.198. The van der Waals surface area contributed by atoms with Crippen LogP contribution < -0.4 is 14.8 Å². The zero-order valence-corrected chi connectivity index (χ0v) is 12.1. The van der Waals surface area contributed by atoms with E-state index in [9.17, 15) is 5.11 Å². The maximum absolute atomic E-state index is 10.1. The number of fused-ring (bicyclic) bond motifs is 1. The summed E-state index contributed by atoms with van der Waals surface area (Å²) in [5.74, 6) is 1.61. The van der Waals surface area contributed by atoms with Crippen molar-refractivity contribution in [2.45, 2.75) is 12.6 Å². The minimum atomic E-state index is -0.378. The van der Waals surface area contributed by atoms with Crippen molar-refractivity contribution in [2.24, 2.45) is 0 Å². The van der Waals surface area contributed by atoms with Gasteiger partial charge in [0.05, 0.1) is 19.3 Å². The van der Waals surface area contributed by atoms with Crippen molar-refractivity contribution in [2.75, 3.05) is 46.2 Å². The first kappa shape index (κ1) is 14.6. The monoisotopic (exact) mass is 294 g/mol. The summed E-state index contributed by atoms with van der Waals surface area (Å²) in [7, 11) is 0. The molecule has 0 bridgehead atoms. The molecule has 6 heteroatoms.